The lowest BCUT2D eigenvalue weighted by atomic mass is 9.95. The van der Waals surface area contributed by atoms with E-state index < -0.39 is 0 Å². The first kappa shape index (κ1) is 11.4. The highest BCUT2D eigenvalue weighted by atomic mass is 35.5. The molecule has 92 valence electrons. The van der Waals surface area contributed by atoms with Gasteiger partial charge in [-0.15, -0.1) is 0 Å². The normalized spacial score (nSPS) is 26.9. The molecule has 3 heteroatoms. The van der Waals surface area contributed by atoms with Crippen LogP contribution in [0.5, 0.6) is 5.75 Å². The molecule has 2 aliphatic rings. The highest BCUT2D eigenvalue weighted by molar-refractivity contribution is 6.30. The Morgan fingerprint density at radius 2 is 2.24 bits per heavy atom. The van der Waals surface area contributed by atoms with Crippen LogP contribution in [0.4, 0.5) is 0 Å². The van der Waals surface area contributed by atoms with Gasteiger partial charge in [0.2, 0.25) is 0 Å². The van der Waals surface area contributed by atoms with Crippen LogP contribution < -0.4 is 10.5 Å². The smallest absolute Gasteiger partial charge is 0.125 e. The molecule has 2 unspecified atom stereocenters. The lowest BCUT2D eigenvalue weighted by molar-refractivity contribution is 0.351. The van der Waals surface area contributed by atoms with Gasteiger partial charge in [0.1, 0.15) is 5.75 Å². The Bertz CT molecular complexity index is 432. The van der Waals surface area contributed by atoms with Crippen molar-refractivity contribution in [3.8, 4) is 5.75 Å². The van der Waals surface area contributed by atoms with E-state index in [1.807, 2.05) is 6.07 Å². The minimum Gasteiger partial charge on any atom is -0.493 e. The molecule has 0 amide bonds. The SMILES string of the molecule is NC1CCC(Cc2cc(Cl)cc3c2OCC3)C1. The molecule has 0 saturated heterocycles. The fourth-order valence-corrected chi connectivity index (χ4v) is 3.37. The van der Waals surface area contributed by atoms with E-state index >= 15 is 0 Å². The van der Waals surface area contributed by atoms with Crippen LogP contribution >= 0.6 is 11.6 Å². The summed E-state index contributed by atoms with van der Waals surface area (Å²) in [6.07, 6.45) is 5.60. The summed E-state index contributed by atoms with van der Waals surface area (Å²) in [5.41, 5.74) is 8.52. The number of benzene rings is 1. The van der Waals surface area contributed by atoms with Crippen molar-refractivity contribution < 1.29 is 4.74 Å². The van der Waals surface area contributed by atoms with Gasteiger partial charge in [-0.25, -0.2) is 0 Å². The number of ether oxygens (including phenoxy) is 1. The van der Waals surface area contributed by atoms with Crippen LogP contribution in [0.1, 0.15) is 30.4 Å². The van der Waals surface area contributed by atoms with Crippen LogP contribution in [-0.2, 0) is 12.8 Å². The van der Waals surface area contributed by atoms with Gasteiger partial charge in [-0.05, 0) is 54.9 Å². The fraction of sp³-hybridized carbons (Fsp3) is 0.571. The molecule has 1 saturated carbocycles. The summed E-state index contributed by atoms with van der Waals surface area (Å²) in [4.78, 5) is 0. The van der Waals surface area contributed by atoms with E-state index in [4.69, 9.17) is 22.1 Å². The molecule has 2 nitrogen and oxygen atoms in total. The number of halogens is 1. The van der Waals surface area contributed by atoms with Gasteiger partial charge in [-0.1, -0.05) is 11.6 Å². The summed E-state index contributed by atoms with van der Waals surface area (Å²) in [5.74, 6) is 1.80. The Labute approximate surface area is 107 Å². The first-order valence-corrected chi connectivity index (χ1v) is 6.80. The van der Waals surface area contributed by atoms with Crippen LogP contribution in [0, 0.1) is 5.92 Å². The topological polar surface area (TPSA) is 35.2 Å². The summed E-state index contributed by atoms with van der Waals surface area (Å²) >= 11 is 6.16. The van der Waals surface area contributed by atoms with Gasteiger partial charge in [-0.2, -0.15) is 0 Å². The van der Waals surface area contributed by atoms with E-state index in [2.05, 4.69) is 6.07 Å². The average molecular weight is 252 g/mol. The third-order valence-electron chi connectivity index (χ3n) is 3.92. The Morgan fingerprint density at radius 3 is 3.00 bits per heavy atom. The molecule has 0 bridgehead atoms. The van der Waals surface area contributed by atoms with Gasteiger partial charge >= 0.3 is 0 Å². The largest absolute Gasteiger partial charge is 0.493 e. The molecule has 1 aliphatic heterocycles. The van der Waals surface area contributed by atoms with Crippen LogP contribution in [0.2, 0.25) is 5.02 Å². The zero-order valence-corrected chi connectivity index (χ0v) is 10.7. The van der Waals surface area contributed by atoms with E-state index in [1.54, 1.807) is 0 Å². The summed E-state index contributed by atoms with van der Waals surface area (Å²) in [7, 11) is 0. The Balaban J connectivity index is 1.83. The molecule has 0 aromatic heterocycles. The molecule has 1 aromatic rings. The molecule has 0 spiro atoms. The van der Waals surface area contributed by atoms with Crippen LogP contribution in [0.25, 0.3) is 0 Å². The second kappa shape index (κ2) is 4.51. The van der Waals surface area contributed by atoms with E-state index in [0.717, 1.165) is 43.1 Å². The molecule has 17 heavy (non-hydrogen) atoms. The summed E-state index contributed by atoms with van der Waals surface area (Å²) in [6.45, 7) is 0.798. The molecular formula is C14H18ClNO. The quantitative estimate of drug-likeness (QED) is 0.877. The van der Waals surface area contributed by atoms with E-state index in [-0.39, 0.29) is 0 Å². The van der Waals surface area contributed by atoms with Crippen LogP contribution in [0.3, 0.4) is 0 Å². The van der Waals surface area contributed by atoms with E-state index in [9.17, 15) is 0 Å². The fourth-order valence-electron chi connectivity index (χ4n) is 3.11. The molecule has 1 fully saturated rings. The molecule has 0 radical (unpaired) electrons. The van der Waals surface area contributed by atoms with Crippen molar-refractivity contribution in [1.29, 1.82) is 0 Å². The Hall–Kier alpha value is -0.730. The maximum atomic E-state index is 6.16. The van der Waals surface area contributed by atoms with Gasteiger partial charge in [0, 0.05) is 17.5 Å². The molecule has 1 aliphatic carbocycles. The maximum Gasteiger partial charge on any atom is 0.125 e. The average Bonchev–Trinajstić information content (AvgIpc) is 2.87. The molecule has 2 N–H and O–H groups in total. The van der Waals surface area contributed by atoms with Gasteiger partial charge < -0.3 is 10.5 Å². The molecule has 1 heterocycles. The second-order valence-electron chi connectivity index (χ2n) is 5.29. The van der Waals surface area contributed by atoms with E-state index in [0.29, 0.717) is 12.0 Å². The van der Waals surface area contributed by atoms with Crippen molar-refractivity contribution in [3.05, 3.63) is 28.3 Å². The zero-order chi connectivity index (χ0) is 11.8. The monoisotopic (exact) mass is 251 g/mol. The van der Waals surface area contributed by atoms with Crippen molar-refractivity contribution >= 4 is 11.6 Å². The standard InChI is InChI=1S/C14H18ClNO/c15-12-7-10-3-4-17-14(10)11(8-12)5-9-1-2-13(16)6-9/h7-9,13H,1-6,16H2. The predicted octanol–water partition coefficient (Wildman–Crippen LogP) is 2.94. The molecule has 3 rings (SSSR count). The maximum absolute atomic E-state index is 6.16. The van der Waals surface area contributed by atoms with Crippen molar-refractivity contribution in [2.75, 3.05) is 6.61 Å². The van der Waals surface area contributed by atoms with Gasteiger partial charge in [-0.3, -0.25) is 0 Å². The predicted molar refractivity (Wildman–Crippen MR) is 69.7 cm³/mol. The lowest BCUT2D eigenvalue weighted by Gasteiger charge is -2.13. The number of hydrogen-bond acceptors (Lipinski definition) is 2. The molecular weight excluding hydrogens is 234 g/mol. The van der Waals surface area contributed by atoms with Crippen molar-refractivity contribution in [3.63, 3.8) is 0 Å². The number of fused-ring (bicyclic) bond motifs is 1. The van der Waals surface area contributed by atoms with Crippen molar-refractivity contribution in [2.24, 2.45) is 11.7 Å². The number of nitrogens with two attached hydrogens (primary N) is 1. The molecule has 2 atom stereocenters. The summed E-state index contributed by atoms with van der Waals surface area (Å²) in [5, 5.41) is 0.839. The number of rotatable bonds is 2. The first-order chi connectivity index (χ1) is 8.22. The third kappa shape index (κ3) is 2.29. The van der Waals surface area contributed by atoms with E-state index in [1.165, 1.54) is 17.5 Å². The minimum atomic E-state index is 0.396. The Morgan fingerprint density at radius 1 is 1.35 bits per heavy atom. The van der Waals surface area contributed by atoms with Crippen molar-refractivity contribution in [2.45, 2.75) is 38.1 Å². The summed E-state index contributed by atoms with van der Waals surface area (Å²) < 4.78 is 5.73. The van der Waals surface area contributed by atoms with Crippen LogP contribution in [-0.4, -0.2) is 12.6 Å². The van der Waals surface area contributed by atoms with Gasteiger partial charge in [0.15, 0.2) is 0 Å². The highest BCUT2D eigenvalue weighted by Gasteiger charge is 2.25. The first-order valence-electron chi connectivity index (χ1n) is 6.42. The highest BCUT2D eigenvalue weighted by Crippen LogP contribution is 2.37. The van der Waals surface area contributed by atoms with Crippen molar-refractivity contribution in [1.82, 2.24) is 0 Å². The lowest BCUT2D eigenvalue weighted by Crippen LogP contribution is -2.15. The van der Waals surface area contributed by atoms with Crippen LogP contribution in [0.15, 0.2) is 12.1 Å². The second-order valence-corrected chi connectivity index (χ2v) is 5.73. The van der Waals surface area contributed by atoms with Gasteiger partial charge in [0.05, 0.1) is 6.61 Å². The zero-order valence-electron chi connectivity index (χ0n) is 9.92. The minimum absolute atomic E-state index is 0.396. The third-order valence-corrected chi connectivity index (χ3v) is 4.13. The molecule has 1 aromatic carbocycles. The number of hydrogen-bond donors (Lipinski definition) is 1. The summed E-state index contributed by atoms with van der Waals surface area (Å²) in [6, 6.07) is 4.50. The Kier molecular flexibility index (Phi) is 3.01. The van der Waals surface area contributed by atoms with Gasteiger partial charge in [0.25, 0.3) is 0 Å².